The summed E-state index contributed by atoms with van der Waals surface area (Å²) in [6.45, 7) is 0.0550. The average Bonchev–Trinajstić information content (AvgIpc) is 2.36. The summed E-state index contributed by atoms with van der Waals surface area (Å²) in [4.78, 5) is 0. The molecule has 1 heterocycles. The van der Waals surface area contributed by atoms with Crippen molar-refractivity contribution in [2.24, 2.45) is 5.73 Å². The van der Waals surface area contributed by atoms with Crippen molar-refractivity contribution in [1.29, 1.82) is 0 Å². The predicted octanol–water partition coefficient (Wildman–Crippen LogP) is 1.74. The lowest BCUT2D eigenvalue weighted by molar-refractivity contribution is 0.269. The van der Waals surface area contributed by atoms with Crippen molar-refractivity contribution in [2.75, 3.05) is 6.61 Å². The van der Waals surface area contributed by atoms with E-state index in [9.17, 15) is 0 Å². The molecule has 5 heteroatoms. The van der Waals surface area contributed by atoms with E-state index in [0.29, 0.717) is 17.4 Å². The first-order valence-corrected chi connectivity index (χ1v) is 3.73. The monoisotopic (exact) mass is 211 g/mol. The molecule has 0 amide bonds. The summed E-state index contributed by atoms with van der Waals surface area (Å²) in [5.41, 5.74) is 5.61. The fraction of sp³-hybridized carbons (Fsp3) is 0.429. The van der Waals surface area contributed by atoms with Crippen LogP contribution in [-0.4, -0.2) is 11.7 Å². The molecule has 70 valence electrons. The Morgan fingerprint density at radius 2 is 2.25 bits per heavy atom. The second kappa shape index (κ2) is 5.43. The Hall–Kier alpha value is -0.220. The van der Waals surface area contributed by atoms with Crippen LogP contribution in [0.3, 0.4) is 0 Å². The molecule has 0 aliphatic rings. The van der Waals surface area contributed by atoms with Crippen molar-refractivity contribution < 1.29 is 9.52 Å². The molecule has 12 heavy (non-hydrogen) atoms. The topological polar surface area (TPSA) is 59.4 Å². The van der Waals surface area contributed by atoms with Gasteiger partial charge in [-0.25, -0.2) is 0 Å². The number of aliphatic hydroxyl groups is 1. The van der Waals surface area contributed by atoms with E-state index in [0.717, 1.165) is 0 Å². The third-order valence-electron chi connectivity index (χ3n) is 1.40. The highest BCUT2D eigenvalue weighted by Gasteiger charge is 2.08. The molecule has 0 bridgehead atoms. The molecule has 1 aromatic rings. The van der Waals surface area contributed by atoms with Crippen molar-refractivity contribution in [1.82, 2.24) is 0 Å². The van der Waals surface area contributed by atoms with E-state index in [4.69, 9.17) is 26.9 Å². The molecule has 1 atom stereocenters. The van der Waals surface area contributed by atoms with Crippen LogP contribution in [-0.2, 0) is 0 Å². The number of nitrogens with two attached hydrogens (primary N) is 1. The van der Waals surface area contributed by atoms with E-state index in [2.05, 4.69) is 0 Å². The van der Waals surface area contributed by atoms with E-state index in [1.165, 1.54) is 0 Å². The van der Waals surface area contributed by atoms with E-state index >= 15 is 0 Å². The van der Waals surface area contributed by atoms with Gasteiger partial charge in [0.15, 0.2) is 5.22 Å². The zero-order valence-corrected chi connectivity index (χ0v) is 7.94. The summed E-state index contributed by atoms with van der Waals surface area (Å²) in [7, 11) is 0. The van der Waals surface area contributed by atoms with Crippen LogP contribution >= 0.6 is 24.0 Å². The Labute approximate surface area is 81.9 Å². The molecule has 0 radical (unpaired) electrons. The smallest absolute Gasteiger partial charge is 0.193 e. The highest BCUT2D eigenvalue weighted by atomic mass is 35.5. The number of halogens is 2. The summed E-state index contributed by atoms with van der Waals surface area (Å²) in [6, 6.07) is 3.09. The van der Waals surface area contributed by atoms with Gasteiger partial charge in [-0.15, -0.1) is 12.4 Å². The number of aliphatic hydroxyl groups excluding tert-OH is 1. The van der Waals surface area contributed by atoms with Gasteiger partial charge < -0.3 is 15.3 Å². The van der Waals surface area contributed by atoms with Gasteiger partial charge in [-0.2, -0.15) is 0 Å². The quantitative estimate of drug-likeness (QED) is 0.802. The molecule has 3 N–H and O–H groups in total. The summed E-state index contributed by atoms with van der Waals surface area (Å²) >= 11 is 5.52. The molecule has 0 aliphatic heterocycles. The van der Waals surface area contributed by atoms with Crippen LogP contribution in [0.25, 0.3) is 0 Å². The van der Waals surface area contributed by atoms with Gasteiger partial charge in [0.2, 0.25) is 0 Å². The summed E-state index contributed by atoms with van der Waals surface area (Å²) in [5, 5.41) is 8.88. The van der Waals surface area contributed by atoms with Crippen LogP contribution in [0.15, 0.2) is 16.5 Å². The van der Waals surface area contributed by atoms with Crippen LogP contribution in [0.2, 0.25) is 5.22 Å². The van der Waals surface area contributed by atoms with Crippen molar-refractivity contribution in [3.8, 4) is 0 Å². The predicted molar refractivity (Wildman–Crippen MR) is 49.6 cm³/mol. The molecule has 0 saturated carbocycles. The van der Waals surface area contributed by atoms with Gasteiger partial charge in [-0.1, -0.05) is 0 Å². The van der Waals surface area contributed by atoms with Crippen molar-refractivity contribution in [2.45, 2.75) is 12.5 Å². The maximum Gasteiger partial charge on any atom is 0.193 e. The lowest BCUT2D eigenvalue weighted by Crippen LogP contribution is -2.10. The van der Waals surface area contributed by atoms with E-state index in [-0.39, 0.29) is 25.1 Å². The normalized spacial score (nSPS) is 12.2. The molecular formula is C7H11Cl2NO2. The molecule has 3 nitrogen and oxygen atoms in total. The van der Waals surface area contributed by atoms with Crippen LogP contribution in [0.5, 0.6) is 0 Å². The molecule has 0 saturated heterocycles. The van der Waals surface area contributed by atoms with Crippen molar-refractivity contribution in [3.05, 3.63) is 23.1 Å². The molecule has 0 aromatic carbocycles. The van der Waals surface area contributed by atoms with Crippen LogP contribution < -0.4 is 5.73 Å². The highest BCUT2D eigenvalue weighted by molar-refractivity contribution is 6.28. The Morgan fingerprint density at radius 1 is 1.58 bits per heavy atom. The Balaban J connectivity index is 0.00000121. The van der Waals surface area contributed by atoms with E-state index in [1.54, 1.807) is 12.1 Å². The third-order valence-corrected chi connectivity index (χ3v) is 1.60. The molecule has 0 unspecified atom stereocenters. The Morgan fingerprint density at radius 3 is 2.67 bits per heavy atom. The number of hydrogen-bond donors (Lipinski definition) is 2. The SMILES string of the molecule is Cl.N[C@@H](CCO)c1ccc(Cl)o1. The minimum atomic E-state index is -0.257. The van der Waals surface area contributed by atoms with Crippen LogP contribution in [0, 0.1) is 0 Å². The maximum absolute atomic E-state index is 8.55. The number of furan rings is 1. The summed E-state index contributed by atoms with van der Waals surface area (Å²) in [6.07, 6.45) is 0.490. The second-order valence-electron chi connectivity index (χ2n) is 2.26. The molecular weight excluding hydrogens is 201 g/mol. The van der Waals surface area contributed by atoms with Gasteiger partial charge in [0.1, 0.15) is 5.76 Å². The van der Waals surface area contributed by atoms with Gasteiger partial charge in [-0.05, 0) is 30.2 Å². The Kier molecular flexibility index (Phi) is 5.33. The number of rotatable bonds is 3. The summed E-state index contributed by atoms with van der Waals surface area (Å²) in [5.74, 6) is 0.615. The summed E-state index contributed by atoms with van der Waals surface area (Å²) < 4.78 is 5.03. The molecule has 1 rings (SSSR count). The molecule has 0 fully saturated rings. The molecule has 0 spiro atoms. The lowest BCUT2D eigenvalue weighted by atomic mass is 10.2. The zero-order valence-electron chi connectivity index (χ0n) is 6.37. The van der Waals surface area contributed by atoms with Gasteiger partial charge in [0.05, 0.1) is 6.04 Å². The first kappa shape index (κ1) is 11.8. The Bertz CT molecular complexity index is 227. The average molecular weight is 212 g/mol. The zero-order chi connectivity index (χ0) is 8.27. The highest BCUT2D eigenvalue weighted by Crippen LogP contribution is 2.19. The fourth-order valence-electron chi connectivity index (χ4n) is 0.809. The lowest BCUT2D eigenvalue weighted by Gasteiger charge is -2.04. The third kappa shape index (κ3) is 3.03. The van der Waals surface area contributed by atoms with Gasteiger partial charge in [-0.3, -0.25) is 0 Å². The van der Waals surface area contributed by atoms with Gasteiger partial charge in [0, 0.05) is 6.61 Å². The number of hydrogen-bond acceptors (Lipinski definition) is 3. The van der Waals surface area contributed by atoms with E-state index in [1.807, 2.05) is 0 Å². The van der Waals surface area contributed by atoms with E-state index < -0.39 is 0 Å². The van der Waals surface area contributed by atoms with Crippen molar-refractivity contribution in [3.63, 3.8) is 0 Å². The first-order valence-electron chi connectivity index (χ1n) is 3.35. The van der Waals surface area contributed by atoms with Gasteiger partial charge in [0.25, 0.3) is 0 Å². The first-order chi connectivity index (χ1) is 5.24. The van der Waals surface area contributed by atoms with Crippen LogP contribution in [0.4, 0.5) is 0 Å². The van der Waals surface area contributed by atoms with Crippen molar-refractivity contribution >= 4 is 24.0 Å². The largest absolute Gasteiger partial charge is 0.448 e. The molecule has 1 aromatic heterocycles. The molecule has 0 aliphatic carbocycles. The fourth-order valence-corrected chi connectivity index (χ4v) is 0.961. The van der Waals surface area contributed by atoms with Crippen LogP contribution in [0.1, 0.15) is 18.2 Å². The minimum absolute atomic E-state index is 0. The van der Waals surface area contributed by atoms with Gasteiger partial charge >= 0.3 is 0 Å². The maximum atomic E-state index is 8.55. The minimum Gasteiger partial charge on any atom is -0.448 e. The second-order valence-corrected chi connectivity index (χ2v) is 2.63. The standard InChI is InChI=1S/C7H10ClNO2.ClH/c8-7-2-1-6(11-7)5(9)3-4-10;/h1-2,5,10H,3-4,9H2;1H/t5-;/m0./s1.